The molecule has 18 heavy (non-hydrogen) atoms. The van der Waals surface area contributed by atoms with Crippen LogP contribution in [0.15, 0.2) is 29.2 Å². The fourth-order valence-corrected chi connectivity index (χ4v) is 3.14. The largest absolute Gasteiger partial charge is 0.385 e. The first-order chi connectivity index (χ1) is 8.74. The van der Waals surface area contributed by atoms with Gasteiger partial charge in [-0.1, -0.05) is 13.8 Å². The second-order valence-corrected chi connectivity index (χ2v) is 6.92. The minimum atomic E-state index is 0.652. The molecule has 0 amide bonds. The third kappa shape index (κ3) is 4.54. The van der Waals surface area contributed by atoms with Gasteiger partial charge in [0.05, 0.1) is 0 Å². The smallest absolute Gasteiger partial charge is 0.0340 e. The van der Waals surface area contributed by atoms with E-state index in [9.17, 15) is 0 Å². The van der Waals surface area contributed by atoms with Crippen molar-refractivity contribution in [2.24, 2.45) is 5.92 Å². The van der Waals surface area contributed by atoms with Crippen LogP contribution in [0, 0.1) is 5.92 Å². The molecule has 0 aliphatic carbocycles. The minimum Gasteiger partial charge on any atom is -0.385 e. The Bertz CT molecular complexity index is 342. The molecule has 3 heteroatoms. The SMILES string of the molecule is CC(C)Sc1ccc(NCCC2CCNC2)cc1. The molecule has 2 nitrogen and oxygen atoms in total. The quantitative estimate of drug-likeness (QED) is 0.768. The van der Waals surface area contributed by atoms with E-state index in [1.807, 2.05) is 11.8 Å². The summed E-state index contributed by atoms with van der Waals surface area (Å²) in [5.41, 5.74) is 1.24. The van der Waals surface area contributed by atoms with Crippen LogP contribution >= 0.6 is 11.8 Å². The van der Waals surface area contributed by atoms with Crippen molar-refractivity contribution in [1.82, 2.24) is 5.32 Å². The Morgan fingerprint density at radius 3 is 2.72 bits per heavy atom. The van der Waals surface area contributed by atoms with E-state index in [2.05, 4.69) is 48.7 Å². The van der Waals surface area contributed by atoms with Gasteiger partial charge in [0.25, 0.3) is 0 Å². The Balaban J connectivity index is 1.72. The van der Waals surface area contributed by atoms with Gasteiger partial charge in [0.15, 0.2) is 0 Å². The van der Waals surface area contributed by atoms with Gasteiger partial charge in [-0.05, 0) is 56.1 Å². The standard InChI is InChI=1S/C15H24N2S/c1-12(2)18-15-5-3-14(4-6-15)17-10-8-13-7-9-16-11-13/h3-6,12-13,16-17H,7-11H2,1-2H3. The minimum absolute atomic E-state index is 0.652. The van der Waals surface area contributed by atoms with Crippen molar-refractivity contribution in [3.05, 3.63) is 24.3 Å². The number of hydrogen-bond acceptors (Lipinski definition) is 3. The van der Waals surface area contributed by atoms with Crippen molar-refractivity contribution in [2.75, 3.05) is 25.0 Å². The first kappa shape index (κ1) is 13.8. The topological polar surface area (TPSA) is 24.1 Å². The summed E-state index contributed by atoms with van der Waals surface area (Å²) < 4.78 is 0. The molecule has 0 radical (unpaired) electrons. The van der Waals surface area contributed by atoms with Crippen molar-refractivity contribution in [1.29, 1.82) is 0 Å². The average Bonchev–Trinajstić information content (AvgIpc) is 2.84. The molecule has 1 atom stereocenters. The van der Waals surface area contributed by atoms with Gasteiger partial charge in [0, 0.05) is 22.4 Å². The third-order valence-electron chi connectivity index (χ3n) is 3.27. The molecule has 100 valence electrons. The lowest BCUT2D eigenvalue weighted by Gasteiger charge is -2.11. The Morgan fingerprint density at radius 1 is 1.33 bits per heavy atom. The second-order valence-electron chi connectivity index (χ2n) is 5.27. The van der Waals surface area contributed by atoms with E-state index in [1.165, 1.54) is 36.5 Å². The molecule has 1 unspecified atom stereocenters. The highest BCUT2D eigenvalue weighted by atomic mass is 32.2. The van der Waals surface area contributed by atoms with Gasteiger partial charge >= 0.3 is 0 Å². The van der Waals surface area contributed by atoms with Gasteiger partial charge in [-0.3, -0.25) is 0 Å². The van der Waals surface area contributed by atoms with Crippen LogP contribution in [0.3, 0.4) is 0 Å². The Morgan fingerprint density at radius 2 is 2.11 bits per heavy atom. The molecule has 1 aromatic rings. The molecular weight excluding hydrogens is 240 g/mol. The van der Waals surface area contributed by atoms with Crippen LogP contribution in [0.25, 0.3) is 0 Å². The van der Waals surface area contributed by atoms with Crippen LogP contribution in [-0.2, 0) is 0 Å². The molecule has 2 N–H and O–H groups in total. The van der Waals surface area contributed by atoms with E-state index in [0.29, 0.717) is 5.25 Å². The third-order valence-corrected chi connectivity index (χ3v) is 4.29. The van der Waals surface area contributed by atoms with Gasteiger partial charge < -0.3 is 10.6 Å². The number of anilines is 1. The first-order valence-corrected chi connectivity index (χ1v) is 7.83. The summed E-state index contributed by atoms with van der Waals surface area (Å²) in [5, 5.41) is 7.58. The fraction of sp³-hybridized carbons (Fsp3) is 0.600. The molecule has 1 fully saturated rings. The van der Waals surface area contributed by atoms with Crippen LogP contribution in [-0.4, -0.2) is 24.9 Å². The molecule has 0 saturated carbocycles. The van der Waals surface area contributed by atoms with Crippen LogP contribution in [0.5, 0.6) is 0 Å². The zero-order chi connectivity index (χ0) is 12.8. The molecule has 1 heterocycles. The summed E-state index contributed by atoms with van der Waals surface area (Å²) >= 11 is 1.92. The van der Waals surface area contributed by atoms with E-state index < -0.39 is 0 Å². The van der Waals surface area contributed by atoms with Crippen LogP contribution in [0.4, 0.5) is 5.69 Å². The van der Waals surface area contributed by atoms with Gasteiger partial charge in [-0.2, -0.15) is 0 Å². The summed E-state index contributed by atoms with van der Waals surface area (Å²) in [4.78, 5) is 1.36. The Labute approximate surface area is 115 Å². The van der Waals surface area contributed by atoms with Crippen LogP contribution < -0.4 is 10.6 Å². The molecule has 1 aromatic carbocycles. The zero-order valence-electron chi connectivity index (χ0n) is 11.4. The molecule has 0 spiro atoms. The summed E-state index contributed by atoms with van der Waals surface area (Å²) in [5.74, 6) is 0.869. The number of thioether (sulfide) groups is 1. The van der Waals surface area contributed by atoms with Crippen molar-refractivity contribution >= 4 is 17.4 Å². The maximum Gasteiger partial charge on any atom is 0.0340 e. The highest BCUT2D eigenvalue weighted by molar-refractivity contribution is 7.99. The number of rotatable bonds is 6. The summed E-state index contributed by atoms with van der Waals surface area (Å²) in [6.07, 6.45) is 2.61. The summed E-state index contributed by atoms with van der Waals surface area (Å²) in [6.45, 7) is 7.94. The lowest BCUT2D eigenvalue weighted by atomic mass is 10.1. The average molecular weight is 264 g/mol. The zero-order valence-corrected chi connectivity index (χ0v) is 12.2. The summed E-state index contributed by atoms with van der Waals surface area (Å²) in [6, 6.07) is 8.81. The highest BCUT2D eigenvalue weighted by Gasteiger charge is 2.13. The lowest BCUT2D eigenvalue weighted by Crippen LogP contribution is -2.12. The maximum absolute atomic E-state index is 3.52. The molecule has 1 aliphatic rings. The van der Waals surface area contributed by atoms with Gasteiger partial charge in [-0.25, -0.2) is 0 Å². The lowest BCUT2D eigenvalue weighted by molar-refractivity contribution is 0.549. The second kappa shape index (κ2) is 7.05. The predicted octanol–water partition coefficient (Wildman–Crippen LogP) is 3.60. The van der Waals surface area contributed by atoms with E-state index in [-0.39, 0.29) is 0 Å². The fourth-order valence-electron chi connectivity index (χ4n) is 2.30. The number of nitrogens with one attached hydrogen (secondary N) is 2. The van der Waals surface area contributed by atoms with E-state index >= 15 is 0 Å². The number of hydrogen-bond donors (Lipinski definition) is 2. The Hall–Kier alpha value is -0.670. The molecule has 1 aliphatic heterocycles. The van der Waals surface area contributed by atoms with E-state index in [0.717, 1.165) is 12.5 Å². The van der Waals surface area contributed by atoms with Crippen molar-refractivity contribution in [3.63, 3.8) is 0 Å². The Kier molecular flexibility index (Phi) is 5.39. The number of benzene rings is 1. The molecule has 2 rings (SSSR count). The van der Waals surface area contributed by atoms with E-state index in [4.69, 9.17) is 0 Å². The summed E-state index contributed by atoms with van der Waals surface area (Å²) in [7, 11) is 0. The van der Waals surface area contributed by atoms with Gasteiger partial charge in [0.1, 0.15) is 0 Å². The van der Waals surface area contributed by atoms with E-state index in [1.54, 1.807) is 0 Å². The maximum atomic E-state index is 3.52. The molecule has 0 bridgehead atoms. The van der Waals surface area contributed by atoms with Gasteiger partial charge in [0.2, 0.25) is 0 Å². The van der Waals surface area contributed by atoms with Crippen LogP contribution in [0.2, 0.25) is 0 Å². The normalized spacial score (nSPS) is 19.4. The first-order valence-electron chi connectivity index (χ1n) is 6.95. The van der Waals surface area contributed by atoms with Gasteiger partial charge in [-0.15, -0.1) is 11.8 Å². The monoisotopic (exact) mass is 264 g/mol. The highest BCUT2D eigenvalue weighted by Crippen LogP contribution is 2.24. The van der Waals surface area contributed by atoms with Crippen molar-refractivity contribution in [3.8, 4) is 0 Å². The molecule has 1 saturated heterocycles. The van der Waals surface area contributed by atoms with Crippen molar-refractivity contribution in [2.45, 2.75) is 36.8 Å². The predicted molar refractivity (Wildman–Crippen MR) is 81.5 cm³/mol. The molecular formula is C15H24N2S. The molecule has 0 aromatic heterocycles. The van der Waals surface area contributed by atoms with Crippen LogP contribution in [0.1, 0.15) is 26.7 Å². The van der Waals surface area contributed by atoms with Crippen molar-refractivity contribution < 1.29 is 0 Å².